The topological polar surface area (TPSA) is 92.6 Å². The second kappa shape index (κ2) is 10.3. The minimum Gasteiger partial charge on any atom is -0.507 e. The Hall–Kier alpha value is -4.00. The molecule has 0 spiro atoms. The second-order valence-electron chi connectivity index (χ2n) is 8.26. The molecule has 4 rings (SSSR count). The first-order valence-electron chi connectivity index (χ1n) is 11.3. The molecular weight excluding hydrogens is 430 g/mol. The molecule has 1 amide bonds. The first-order chi connectivity index (χ1) is 16.5. The van der Waals surface area contributed by atoms with Crippen LogP contribution in [0.4, 0.5) is 0 Å². The van der Waals surface area contributed by atoms with E-state index >= 15 is 0 Å². The molecule has 1 aliphatic rings. The molecule has 1 atom stereocenters. The maximum atomic E-state index is 13.2. The largest absolute Gasteiger partial charge is 0.507 e. The van der Waals surface area contributed by atoms with Crippen LogP contribution >= 0.6 is 0 Å². The fraction of sp³-hybridized carbons (Fsp3) is 0.259. The van der Waals surface area contributed by atoms with Crippen molar-refractivity contribution in [2.24, 2.45) is 0 Å². The van der Waals surface area contributed by atoms with Gasteiger partial charge >= 0.3 is 0 Å². The van der Waals surface area contributed by atoms with Crippen molar-refractivity contribution in [2.45, 2.75) is 39.3 Å². The maximum absolute atomic E-state index is 13.2. The predicted octanol–water partition coefficient (Wildman–Crippen LogP) is 4.59. The number of aliphatic hydroxyl groups excluding tert-OH is 1. The van der Waals surface area contributed by atoms with Crippen molar-refractivity contribution >= 4 is 17.4 Å². The second-order valence-corrected chi connectivity index (χ2v) is 8.26. The van der Waals surface area contributed by atoms with E-state index in [4.69, 9.17) is 4.74 Å². The number of aliphatic hydroxyl groups is 1. The van der Waals surface area contributed by atoms with Crippen LogP contribution in [0.25, 0.3) is 5.76 Å². The lowest BCUT2D eigenvalue weighted by Crippen LogP contribution is -2.29. The first kappa shape index (κ1) is 23.2. The van der Waals surface area contributed by atoms with Gasteiger partial charge in [-0.15, -0.1) is 0 Å². The minimum atomic E-state index is -0.769. The van der Waals surface area contributed by atoms with E-state index in [9.17, 15) is 14.7 Å². The summed E-state index contributed by atoms with van der Waals surface area (Å²) in [6.45, 7) is 4.78. The van der Waals surface area contributed by atoms with Gasteiger partial charge in [-0.3, -0.25) is 19.6 Å². The van der Waals surface area contributed by atoms with Crippen molar-refractivity contribution in [3.05, 3.63) is 95.1 Å². The zero-order valence-electron chi connectivity index (χ0n) is 19.3. The van der Waals surface area contributed by atoms with Crippen LogP contribution in [0.1, 0.15) is 48.1 Å². The van der Waals surface area contributed by atoms with Crippen LogP contribution in [-0.4, -0.2) is 38.3 Å². The molecule has 7 nitrogen and oxygen atoms in total. The zero-order valence-corrected chi connectivity index (χ0v) is 19.3. The van der Waals surface area contributed by atoms with E-state index < -0.39 is 17.7 Å². The number of amides is 1. The van der Waals surface area contributed by atoms with Crippen molar-refractivity contribution in [1.29, 1.82) is 0 Å². The summed E-state index contributed by atoms with van der Waals surface area (Å²) in [6, 6.07) is 11.6. The lowest BCUT2D eigenvalue weighted by atomic mass is 9.95. The lowest BCUT2D eigenvalue weighted by Gasteiger charge is -2.25. The van der Waals surface area contributed by atoms with Gasteiger partial charge < -0.3 is 14.7 Å². The molecular formula is C27H27N3O4. The Labute approximate surface area is 198 Å². The van der Waals surface area contributed by atoms with Gasteiger partial charge in [-0.1, -0.05) is 25.5 Å². The number of ether oxygens (including phenoxy) is 1. The van der Waals surface area contributed by atoms with Crippen LogP contribution < -0.4 is 4.74 Å². The third kappa shape index (κ3) is 4.69. The molecule has 1 aromatic carbocycles. The minimum absolute atomic E-state index is 0.0425. The molecule has 7 heteroatoms. The number of ketones is 1. The van der Waals surface area contributed by atoms with E-state index in [0.717, 1.165) is 29.7 Å². The Bertz CT molecular complexity index is 1210. The van der Waals surface area contributed by atoms with E-state index in [2.05, 4.69) is 16.9 Å². The number of carbonyl (C=O) groups is 2. The zero-order chi connectivity index (χ0) is 24.1. The Morgan fingerprint density at radius 2 is 1.85 bits per heavy atom. The van der Waals surface area contributed by atoms with E-state index in [1.807, 2.05) is 13.0 Å². The lowest BCUT2D eigenvalue weighted by molar-refractivity contribution is -0.140. The molecule has 3 heterocycles. The molecule has 1 N–H and O–H groups in total. The standard InChI is InChI=1S/C27H27N3O4/c1-3-4-13-34-22-10-9-20(14-18(22)2)25(31)23-24(21-8-6-12-29-16-21)30(27(33)26(23)32)17-19-7-5-11-28-15-19/h5-12,14-16,24,31H,3-4,13,17H2,1-2H3/b25-23+/t24-/m1/s1. The number of aryl methyl sites for hydroxylation is 1. The van der Waals surface area contributed by atoms with Crippen molar-refractivity contribution in [3.8, 4) is 5.75 Å². The Morgan fingerprint density at radius 3 is 2.50 bits per heavy atom. The summed E-state index contributed by atoms with van der Waals surface area (Å²) in [5, 5.41) is 11.3. The molecule has 34 heavy (non-hydrogen) atoms. The number of rotatable bonds is 8. The highest BCUT2D eigenvalue weighted by Crippen LogP contribution is 2.40. The monoisotopic (exact) mass is 457 g/mol. The highest BCUT2D eigenvalue weighted by Gasteiger charge is 2.46. The summed E-state index contributed by atoms with van der Waals surface area (Å²) in [4.78, 5) is 36.0. The average molecular weight is 458 g/mol. The number of unbranched alkanes of at least 4 members (excludes halogenated alkanes) is 1. The summed E-state index contributed by atoms with van der Waals surface area (Å²) in [5.74, 6) is -0.887. The SMILES string of the molecule is CCCCOc1ccc(/C(O)=C2\C(=O)C(=O)N(Cc3cccnc3)[C@@H]2c2cccnc2)cc1C. The van der Waals surface area contributed by atoms with Crippen LogP contribution in [0, 0.1) is 6.92 Å². The van der Waals surface area contributed by atoms with Crippen LogP contribution in [0.5, 0.6) is 5.75 Å². The highest BCUT2D eigenvalue weighted by atomic mass is 16.5. The smallest absolute Gasteiger partial charge is 0.295 e. The van der Waals surface area contributed by atoms with Crippen LogP contribution in [0.15, 0.2) is 72.8 Å². The number of likely N-dealkylation sites (tertiary alicyclic amines) is 1. The third-order valence-corrected chi connectivity index (χ3v) is 5.82. The fourth-order valence-corrected chi connectivity index (χ4v) is 4.06. The molecule has 1 aliphatic heterocycles. The van der Waals surface area contributed by atoms with Crippen molar-refractivity contribution < 1.29 is 19.4 Å². The molecule has 3 aromatic rings. The number of Topliss-reactive ketones (excluding diaryl/α,β-unsaturated/α-hetero) is 1. The summed E-state index contributed by atoms with van der Waals surface area (Å²) in [5.41, 5.74) is 2.75. The molecule has 0 aliphatic carbocycles. The first-order valence-corrected chi connectivity index (χ1v) is 11.3. The number of pyridine rings is 2. The number of carbonyl (C=O) groups excluding carboxylic acids is 2. The third-order valence-electron chi connectivity index (χ3n) is 5.82. The quantitative estimate of drug-likeness (QED) is 0.230. The van der Waals surface area contributed by atoms with Crippen LogP contribution in [0.2, 0.25) is 0 Å². The maximum Gasteiger partial charge on any atom is 0.295 e. The highest BCUT2D eigenvalue weighted by molar-refractivity contribution is 6.46. The number of benzene rings is 1. The Morgan fingerprint density at radius 1 is 1.09 bits per heavy atom. The Balaban J connectivity index is 1.76. The average Bonchev–Trinajstić information content (AvgIpc) is 3.11. The predicted molar refractivity (Wildman–Crippen MR) is 128 cm³/mol. The summed E-state index contributed by atoms with van der Waals surface area (Å²) in [7, 11) is 0. The van der Waals surface area contributed by atoms with Crippen molar-refractivity contribution in [1.82, 2.24) is 14.9 Å². The van der Waals surface area contributed by atoms with E-state index in [1.165, 1.54) is 4.90 Å². The molecule has 2 aromatic heterocycles. The number of nitrogens with zero attached hydrogens (tertiary/aromatic N) is 3. The van der Waals surface area contributed by atoms with Gasteiger partial charge in [-0.05, 0) is 60.4 Å². The van der Waals surface area contributed by atoms with E-state index in [-0.39, 0.29) is 17.9 Å². The van der Waals surface area contributed by atoms with Crippen LogP contribution in [0.3, 0.4) is 0 Å². The number of hydrogen-bond donors (Lipinski definition) is 1. The van der Waals surface area contributed by atoms with Gasteiger partial charge in [0.05, 0.1) is 18.2 Å². The van der Waals surface area contributed by atoms with Gasteiger partial charge in [-0.25, -0.2) is 0 Å². The summed E-state index contributed by atoms with van der Waals surface area (Å²) >= 11 is 0. The molecule has 0 saturated carbocycles. The van der Waals surface area contributed by atoms with Gasteiger partial charge in [0.25, 0.3) is 11.7 Å². The normalized spacial score (nSPS) is 17.2. The summed E-state index contributed by atoms with van der Waals surface area (Å²) in [6.07, 6.45) is 8.51. The van der Waals surface area contributed by atoms with Crippen LogP contribution in [-0.2, 0) is 16.1 Å². The molecule has 174 valence electrons. The number of hydrogen-bond acceptors (Lipinski definition) is 6. The molecule has 1 saturated heterocycles. The van der Waals surface area contributed by atoms with E-state index in [1.54, 1.807) is 61.2 Å². The Kier molecular flexibility index (Phi) is 7.01. The molecule has 0 unspecified atom stereocenters. The van der Waals surface area contributed by atoms with Gasteiger partial charge in [0, 0.05) is 36.9 Å². The number of aromatic nitrogens is 2. The molecule has 0 radical (unpaired) electrons. The van der Waals surface area contributed by atoms with Gasteiger partial charge in [0.15, 0.2) is 0 Å². The van der Waals surface area contributed by atoms with Gasteiger partial charge in [0.1, 0.15) is 11.5 Å². The van der Waals surface area contributed by atoms with Crippen molar-refractivity contribution in [3.63, 3.8) is 0 Å². The fourth-order valence-electron chi connectivity index (χ4n) is 4.06. The molecule has 0 bridgehead atoms. The molecule has 1 fully saturated rings. The van der Waals surface area contributed by atoms with Crippen molar-refractivity contribution in [2.75, 3.05) is 6.61 Å². The van der Waals surface area contributed by atoms with E-state index in [0.29, 0.717) is 17.7 Å². The summed E-state index contributed by atoms with van der Waals surface area (Å²) < 4.78 is 5.81. The van der Waals surface area contributed by atoms with Gasteiger partial charge in [-0.2, -0.15) is 0 Å². The van der Waals surface area contributed by atoms with Gasteiger partial charge in [0.2, 0.25) is 0 Å².